The Morgan fingerprint density at radius 1 is 1.38 bits per heavy atom. The number of esters is 1. The number of aromatic carboxylic acids is 1. The van der Waals surface area contributed by atoms with E-state index in [4.69, 9.17) is 10.8 Å². The van der Waals surface area contributed by atoms with Crippen LogP contribution >= 0.6 is 28.3 Å². The summed E-state index contributed by atoms with van der Waals surface area (Å²) in [5.41, 5.74) is 4.78. The lowest BCUT2D eigenvalue weighted by Crippen LogP contribution is -2.37. The number of hydrogen-bond donors (Lipinski definition) is 3. The van der Waals surface area contributed by atoms with Gasteiger partial charge in [-0.05, 0) is 26.0 Å². The highest BCUT2D eigenvalue weighted by Gasteiger charge is 2.39. The fraction of sp³-hybridized carbons (Fsp3) is 0.385. The molecule has 4 N–H and O–H groups in total. The normalized spacial score (nSPS) is 12.2. The van der Waals surface area contributed by atoms with Crippen LogP contribution in [0.5, 0.6) is 5.75 Å². The summed E-state index contributed by atoms with van der Waals surface area (Å²) in [6.45, 7) is 3.12. The largest absolute Gasteiger partial charge is 0.507 e. The van der Waals surface area contributed by atoms with Gasteiger partial charge in [0.1, 0.15) is 11.3 Å². The van der Waals surface area contributed by atoms with E-state index in [1.165, 1.54) is 19.2 Å². The van der Waals surface area contributed by atoms with Crippen molar-refractivity contribution in [3.05, 3.63) is 27.7 Å². The number of aromatic hydroxyl groups is 1. The number of halogens is 2. The van der Waals surface area contributed by atoms with Crippen molar-refractivity contribution in [3.63, 3.8) is 0 Å². The van der Waals surface area contributed by atoms with Gasteiger partial charge in [-0.3, -0.25) is 4.79 Å². The molecule has 0 spiro atoms. The summed E-state index contributed by atoms with van der Waals surface area (Å²) >= 11 is 3.21. The average molecular weight is 383 g/mol. The van der Waals surface area contributed by atoms with Crippen molar-refractivity contribution in [2.24, 2.45) is 11.1 Å². The van der Waals surface area contributed by atoms with Crippen molar-refractivity contribution in [2.45, 2.75) is 19.9 Å². The molecule has 0 unspecified atom stereocenters. The molecule has 8 heteroatoms. The molecule has 0 amide bonds. The zero-order valence-corrected chi connectivity index (χ0v) is 14.1. The molecule has 0 saturated heterocycles. The molecule has 21 heavy (non-hydrogen) atoms. The number of rotatable bonds is 4. The highest BCUT2D eigenvalue weighted by atomic mass is 79.9. The maximum absolute atomic E-state index is 11.8. The van der Waals surface area contributed by atoms with Gasteiger partial charge >= 0.3 is 11.9 Å². The van der Waals surface area contributed by atoms with E-state index in [1.54, 1.807) is 13.8 Å². The highest BCUT2D eigenvalue weighted by molar-refractivity contribution is 9.10. The molecule has 1 rings (SSSR count). The standard InChI is InChI=1S/C13H16BrNO5.ClH/c1-13(2,12(19)20-3)10(15)8-7(14)5-4-6(9(8)16)11(17)18;/h4-5,10,16H,15H2,1-3H3,(H,17,18);1H/t10-;/m0./s1. The number of carboxylic acid groups (broad SMARTS) is 1. The first-order valence-corrected chi connectivity index (χ1v) is 6.52. The van der Waals surface area contributed by atoms with E-state index in [0.717, 1.165) is 0 Å². The SMILES string of the molecule is COC(=O)C(C)(C)[C@@H](N)c1c(Br)ccc(C(=O)O)c1O.Cl. The molecule has 1 atom stereocenters. The number of ether oxygens (including phenoxy) is 1. The molecule has 6 nitrogen and oxygen atoms in total. The molecule has 0 heterocycles. The molecule has 1 aromatic carbocycles. The van der Waals surface area contributed by atoms with E-state index in [0.29, 0.717) is 4.47 Å². The smallest absolute Gasteiger partial charge is 0.339 e. The van der Waals surface area contributed by atoms with E-state index in [1.807, 2.05) is 0 Å². The van der Waals surface area contributed by atoms with Crippen LogP contribution in [0.25, 0.3) is 0 Å². The Labute approximate surface area is 136 Å². The Balaban J connectivity index is 0.00000400. The van der Waals surface area contributed by atoms with Gasteiger partial charge in [-0.25, -0.2) is 4.79 Å². The van der Waals surface area contributed by atoms with Crippen LogP contribution in [0.15, 0.2) is 16.6 Å². The lowest BCUT2D eigenvalue weighted by Gasteiger charge is -2.30. The number of carboxylic acids is 1. The molecule has 0 aliphatic rings. The number of carbonyl (C=O) groups is 2. The second-order valence-corrected chi connectivity index (χ2v) is 5.71. The Hall–Kier alpha value is -1.31. The summed E-state index contributed by atoms with van der Waals surface area (Å²) in [6.07, 6.45) is 0. The van der Waals surface area contributed by atoms with Crippen molar-refractivity contribution in [3.8, 4) is 5.75 Å². The van der Waals surface area contributed by atoms with Crippen molar-refractivity contribution in [1.29, 1.82) is 0 Å². The number of hydrogen-bond acceptors (Lipinski definition) is 5. The Bertz CT molecular complexity index is 562. The van der Waals surface area contributed by atoms with E-state index in [9.17, 15) is 14.7 Å². The van der Waals surface area contributed by atoms with Gasteiger partial charge in [0.05, 0.1) is 18.6 Å². The van der Waals surface area contributed by atoms with E-state index < -0.39 is 29.1 Å². The van der Waals surface area contributed by atoms with Gasteiger partial charge in [0.15, 0.2) is 0 Å². The summed E-state index contributed by atoms with van der Waals surface area (Å²) in [4.78, 5) is 22.8. The summed E-state index contributed by atoms with van der Waals surface area (Å²) < 4.78 is 5.10. The van der Waals surface area contributed by atoms with E-state index >= 15 is 0 Å². The van der Waals surface area contributed by atoms with Crippen molar-refractivity contribution in [1.82, 2.24) is 0 Å². The predicted molar refractivity (Wildman–Crippen MR) is 82.7 cm³/mol. The minimum Gasteiger partial charge on any atom is -0.507 e. The average Bonchev–Trinajstić information content (AvgIpc) is 2.36. The van der Waals surface area contributed by atoms with Crippen LogP contribution in [0, 0.1) is 5.41 Å². The molecule has 0 saturated carbocycles. The number of phenols is 1. The van der Waals surface area contributed by atoms with Gasteiger partial charge in [0.2, 0.25) is 0 Å². The van der Waals surface area contributed by atoms with Gasteiger partial charge in [0, 0.05) is 10.0 Å². The second-order valence-electron chi connectivity index (χ2n) is 4.85. The topological polar surface area (TPSA) is 110 Å². The van der Waals surface area contributed by atoms with Crippen molar-refractivity contribution < 1.29 is 24.5 Å². The van der Waals surface area contributed by atoms with Gasteiger partial charge in [-0.2, -0.15) is 0 Å². The zero-order valence-electron chi connectivity index (χ0n) is 11.7. The molecule has 0 bridgehead atoms. The Morgan fingerprint density at radius 2 is 1.90 bits per heavy atom. The monoisotopic (exact) mass is 381 g/mol. The first-order chi connectivity index (χ1) is 9.14. The van der Waals surface area contributed by atoms with Gasteiger partial charge in [-0.15, -0.1) is 12.4 Å². The van der Waals surface area contributed by atoms with Gasteiger partial charge < -0.3 is 20.7 Å². The maximum atomic E-state index is 11.8. The van der Waals surface area contributed by atoms with Crippen LogP contribution in [0.2, 0.25) is 0 Å². The Kier molecular flexibility index (Phi) is 6.66. The second kappa shape index (κ2) is 7.11. The highest BCUT2D eigenvalue weighted by Crippen LogP contribution is 2.41. The number of carbonyl (C=O) groups excluding carboxylic acids is 1. The lowest BCUT2D eigenvalue weighted by molar-refractivity contribution is -0.152. The number of nitrogens with two attached hydrogens (primary N) is 1. The zero-order chi connectivity index (χ0) is 15.7. The van der Waals surface area contributed by atoms with Crippen LogP contribution in [0.3, 0.4) is 0 Å². The minimum atomic E-state index is -1.28. The Morgan fingerprint density at radius 3 is 2.33 bits per heavy atom. The lowest BCUT2D eigenvalue weighted by atomic mass is 9.80. The molecule has 0 aromatic heterocycles. The summed E-state index contributed by atoms with van der Waals surface area (Å²) in [5, 5.41) is 19.1. The van der Waals surface area contributed by atoms with Crippen LogP contribution in [-0.4, -0.2) is 29.3 Å². The third kappa shape index (κ3) is 3.66. The molecule has 0 fully saturated rings. The summed E-state index contributed by atoms with van der Waals surface area (Å²) in [6, 6.07) is 1.78. The summed E-state index contributed by atoms with van der Waals surface area (Å²) in [5.74, 6) is -2.30. The van der Waals surface area contributed by atoms with E-state index in [2.05, 4.69) is 20.7 Å². The van der Waals surface area contributed by atoms with Crippen molar-refractivity contribution in [2.75, 3.05) is 7.11 Å². The quantitative estimate of drug-likeness (QED) is 0.690. The predicted octanol–water partition coefficient (Wildman–Crippen LogP) is 2.47. The molecule has 1 aromatic rings. The molecule has 0 aliphatic carbocycles. The number of methoxy groups -OCH3 is 1. The molecule has 118 valence electrons. The van der Waals surface area contributed by atoms with E-state index in [-0.39, 0.29) is 23.5 Å². The van der Waals surface area contributed by atoms with Gasteiger partial charge in [-0.1, -0.05) is 15.9 Å². The third-order valence-corrected chi connectivity index (χ3v) is 3.89. The molecular formula is C13H17BrClNO5. The first kappa shape index (κ1) is 19.7. The molecule has 0 aliphatic heterocycles. The van der Waals surface area contributed by atoms with Crippen LogP contribution < -0.4 is 5.73 Å². The minimum absolute atomic E-state index is 0. The van der Waals surface area contributed by atoms with Crippen LogP contribution in [0.1, 0.15) is 35.8 Å². The third-order valence-electron chi connectivity index (χ3n) is 3.19. The molecular weight excluding hydrogens is 366 g/mol. The summed E-state index contributed by atoms with van der Waals surface area (Å²) in [7, 11) is 1.24. The fourth-order valence-corrected chi connectivity index (χ4v) is 2.37. The molecule has 0 radical (unpaired) electrons. The van der Waals surface area contributed by atoms with Crippen LogP contribution in [-0.2, 0) is 9.53 Å². The van der Waals surface area contributed by atoms with Crippen LogP contribution in [0.4, 0.5) is 0 Å². The van der Waals surface area contributed by atoms with Crippen molar-refractivity contribution >= 4 is 40.3 Å². The van der Waals surface area contributed by atoms with Gasteiger partial charge in [0.25, 0.3) is 0 Å². The fourth-order valence-electron chi connectivity index (χ4n) is 1.80. The maximum Gasteiger partial charge on any atom is 0.339 e. The number of benzene rings is 1. The first-order valence-electron chi connectivity index (χ1n) is 5.73.